The third kappa shape index (κ3) is 4.40. The van der Waals surface area contributed by atoms with Crippen LogP contribution in [0.1, 0.15) is 25.7 Å². The maximum Gasteiger partial charge on any atom is 0.299 e. The van der Waals surface area contributed by atoms with Crippen molar-refractivity contribution in [3.05, 3.63) is 50.6 Å². The highest BCUT2D eigenvalue weighted by Crippen LogP contribution is 2.39. The number of non-ortho nitro benzene ring substituents is 1. The molecule has 9 heteroatoms. The number of rotatable bonds is 9. The van der Waals surface area contributed by atoms with Gasteiger partial charge in [0.25, 0.3) is 11.4 Å². The number of nitro benzene ring substituents is 2. The molecule has 0 aliphatic carbocycles. The quantitative estimate of drug-likeness (QED) is 0.418. The van der Waals surface area contributed by atoms with Crippen LogP contribution >= 0.6 is 0 Å². The smallest absolute Gasteiger partial charge is 0.299 e. The van der Waals surface area contributed by atoms with Gasteiger partial charge in [-0.05, 0) is 25.3 Å². The molecule has 0 heterocycles. The average Bonchev–Trinajstić information content (AvgIpc) is 2.56. The second kappa shape index (κ2) is 8.04. The van der Waals surface area contributed by atoms with Crippen LogP contribution in [0, 0.1) is 20.2 Å². The molecule has 25 heavy (non-hydrogen) atoms. The minimum Gasteiger partial charge on any atom is -0.550 e. The Morgan fingerprint density at radius 1 is 0.960 bits per heavy atom. The summed E-state index contributed by atoms with van der Waals surface area (Å²) in [6.45, 7) is 0.385. The molecule has 0 aliphatic rings. The molecule has 0 aromatic heterocycles. The second-order valence-electron chi connectivity index (χ2n) is 5.46. The molecule has 2 aromatic carbocycles. The Morgan fingerprint density at radius 2 is 1.60 bits per heavy atom. The molecule has 0 unspecified atom stereocenters. The summed E-state index contributed by atoms with van der Waals surface area (Å²) in [7, 11) is 0. The highest BCUT2D eigenvalue weighted by Gasteiger charge is 2.25. The fraction of sp³-hybridized carbons (Fsp3) is 0.312. The van der Waals surface area contributed by atoms with Crippen LogP contribution in [0.2, 0.25) is 0 Å². The van der Waals surface area contributed by atoms with E-state index in [9.17, 15) is 30.1 Å². The number of carbonyl (C=O) groups is 1. The number of aliphatic carboxylic acids is 1. The molecular weight excluding hydrogens is 330 g/mol. The summed E-state index contributed by atoms with van der Waals surface area (Å²) in [6.07, 6.45) is 1.67. The number of fused-ring (bicyclic) bond motifs is 1. The lowest BCUT2D eigenvalue weighted by Crippen LogP contribution is -2.21. The predicted molar refractivity (Wildman–Crippen MR) is 89.2 cm³/mol. The first-order chi connectivity index (χ1) is 11.9. The number of carboxylic acids is 1. The molecule has 1 N–H and O–H groups in total. The number of nitro groups is 2. The van der Waals surface area contributed by atoms with Crippen molar-refractivity contribution in [2.45, 2.75) is 25.7 Å². The zero-order valence-electron chi connectivity index (χ0n) is 13.3. The van der Waals surface area contributed by atoms with Crippen LogP contribution in [0.3, 0.4) is 0 Å². The van der Waals surface area contributed by atoms with E-state index in [1.807, 2.05) is 0 Å². The average molecular weight is 346 g/mol. The number of anilines is 1. The SMILES string of the molecule is O=C([O-])CCCCCNc1c([N+](=O)[O-])cc([N+](=O)[O-])c2ccccc12. The summed E-state index contributed by atoms with van der Waals surface area (Å²) in [5, 5.41) is 36.6. The summed E-state index contributed by atoms with van der Waals surface area (Å²) in [6, 6.07) is 7.38. The normalized spacial score (nSPS) is 10.6. The Bertz CT molecular complexity index is 821. The molecule has 9 nitrogen and oxygen atoms in total. The van der Waals surface area contributed by atoms with Gasteiger partial charge >= 0.3 is 0 Å². The van der Waals surface area contributed by atoms with Gasteiger partial charge in [0.2, 0.25) is 0 Å². The van der Waals surface area contributed by atoms with Crippen molar-refractivity contribution in [3.8, 4) is 0 Å². The number of nitrogens with zero attached hydrogens (tertiary/aromatic N) is 2. The fourth-order valence-electron chi connectivity index (χ4n) is 2.61. The van der Waals surface area contributed by atoms with Gasteiger partial charge in [0.15, 0.2) is 0 Å². The van der Waals surface area contributed by atoms with E-state index in [1.54, 1.807) is 24.3 Å². The molecule has 0 bridgehead atoms. The number of hydrogen-bond acceptors (Lipinski definition) is 7. The van der Waals surface area contributed by atoms with Gasteiger partial charge in [-0.15, -0.1) is 0 Å². The fourth-order valence-corrected chi connectivity index (χ4v) is 2.61. The molecule has 2 aromatic rings. The summed E-state index contributed by atoms with van der Waals surface area (Å²) >= 11 is 0. The topological polar surface area (TPSA) is 138 Å². The summed E-state index contributed by atoms with van der Waals surface area (Å²) < 4.78 is 0. The lowest BCUT2D eigenvalue weighted by molar-refractivity contribution is -0.392. The van der Waals surface area contributed by atoms with Gasteiger partial charge < -0.3 is 15.2 Å². The Hall–Kier alpha value is -3.23. The summed E-state index contributed by atoms with van der Waals surface area (Å²) in [4.78, 5) is 31.6. The minimum atomic E-state index is -1.11. The lowest BCUT2D eigenvalue weighted by atomic mass is 10.0. The summed E-state index contributed by atoms with van der Waals surface area (Å²) in [5.74, 6) is -1.11. The molecule has 0 aliphatic heterocycles. The molecule has 132 valence electrons. The third-order valence-electron chi connectivity index (χ3n) is 3.75. The van der Waals surface area contributed by atoms with Crippen molar-refractivity contribution in [1.82, 2.24) is 0 Å². The molecule has 0 fully saturated rings. The minimum absolute atomic E-state index is 0.0272. The zero-order valence-corrected chi connectivity index (χ0v) is 13.3. The molecule has 0 atom stereocenters. The largest absolute Gasteiger partial charge is 0.550 e. The maximum atomic E-state index is 11.3. The molecule has 0 radical (unpaired) electrons. The van der Waals surface area contributed by atoms with Crippen molar-refractivity contribution in [2.75, 3.05) is 11.9 Å². The van der Waals surface area contributed by atoms with Crippen molar-refractivity contribution < 1.29 is 19.7 Å². The van der Waals surface area contributed by atoms with Crippen molar-refractivity contribution >= 4 is 33.8 Å². The van der Waals surface area contributed by atoms with E-state index in [0.29, 0.717) is 36.6 Å². The Balaban J connectivity index is 2.27. The van der Waals surface area contributed by atoms with E-state index in [-0.39, 0.29) is 23.5 Å². The first-order valence-electron chi connectivity index (χ1n) is 7.70. The Kier molecular flexibility index (Phi) is 5.83. The summed E-state index contributed by atoms with van der Waals surface area (Å²) in [5.41, 5.74) is -0.451. The van der Waals surface area contributed by atoms with E-state index in [2.05, 4.69) is 5.32 Å². The Morgan fingerprint density at radius 3 is 2.20 bits per heavy atom. The third-order valence-corrected chi connectivity index (χ3v) is 3.75. The molecule has 0 amide bonds. The molecule has 2 rings (SSSR count). The van der Waals surface area contributed by atoms with E-state index in [1.165, 1.54) is 0 Å². The van der Waals surface area contributed by atoms with Crippen molar-refractivity contribution in [2.24, 2.45) is 0 Å². The standard InChI is InChI=1S/C16H17N3O6/c20-15(21)8-2-1-5-9-17-16-12-7-4-3-6-11(12)13(18(22)23)10-14(16)19(24)25/h3-4,6-7,10,17H,1-2,5,8-9H2,(H,20,21)/p-1. The Labute approximate surface area is 142 Å². The molecule has 0 spiro atoms. The van der Waals surface area contributed by atoms with Crippen LogP contribution in [0.15, 0.2) is 30.3 Å². The van der Waals surface area contributed by atoms with Crippen LogP contribution in [0.25, 0.3) is 10.8 Å². The van der Waals surface area contributed by atoms with E-state index < -0.39 is 15.8 Å². The number of carboxylic acid groups (broad SMARTS) is 1. The maximum absolute atomic E-state index is 11.3. The molecular formula is C16H16N3O6-. The number of unbranched alkanes of at least 4 members (excludes halogenated alkanes) is 2. The first kappa shape index (κ1) is 18.1. The zero-order chi connectivity index (χ0) is 18.4. The van der Waals surface area contributed by atoms with E-state index in [4.69, 9.17) is 0 Å². The number of carbonyl (C=O) groups excluding carboxylic acids is 1. The van der Waals surface area contributed by atoms with Crippen LogP contribution in [0.5, 0.6) is 0 Å². The van der Waals surface area contributed by atoms with E-state index >= 15 is 0 Å². The van der Waals surface area contributed by atoms with Gasteiger partial charge in [0.05, 0.1) is 21.3 Å². The van der Waals surface area contributed by atoms with Gasteiger partial charge in [-0.1, -0.05) is 24.6 Å². The van der Waals surface area contributed by atoms with Gasteiger partial charge in [-0.3, -0.25) is 20.2 Å². The number of nitrogens with one attached hydrogen (secondary N) is 1. The highest BCUT2D eigenvalue weighted by atomic mass is 16.6. The molecule has 0 saturated carbocycles. The lowest BCUT2D eigenvalue weighted by Gasteiger charge is -2.11. The highest BCUT2D eigenvalue weighted by molar-refractivity contribution is 6.03. The first-order valence-corrected chi connectivity index (χ1v) is 7.70. The molecule has 0 saturated heterocycles. The van der Waals surface area contributed by atoms with Crippen LogP contribution in [-0.2, 0) is 4.79 Å². The van der Waals surface area contributed by atoms with Crippen molar-refractivity contribution in [1.29, 1.82) is 0 Å². The second-order valence-corrected chi connectivity index (χ2v) is 5.46. The van der Waals surface area contributed by atoms with Crippen LogP contribution in [-0.4, -0.2) is 22.4 Å². The van der Waals surface area contributed by atoms with Crippen molar-refractivity contribution in [3.63, 3.8) is 0 Å². The van der Waals surface area contributed by atoms with Crippen LogP contribution in [0.4, 0.5) is 17.1 Å². The van der Waals surface area contributed by atoms with Gasteiger partial charge in [-0.2, -0.15) is 0 Å². The number of benzene rings is 2. The van der Waals surface area contributed by atoms with Gasteiger partial charge in [-0.25, -0.2) is 0 Å². The monoisotopic (exact) mass is 346 g/mol. The van der Waals surface area contributed by atoms with Gasteiger partial charge in [0.1, 0.15) is 5.69 Å². The predicted octanol–water partition coefficient (Wildman–Crippen LogP) is 2.38. The number of hydrogen-bond donors (Lipinski definition) is 1. The van der Waals surface area contributed by atoms with E-state index in [0.717, 1.165) is 6.07 Å². The van der Waals surface area contributed by atoms with Crippen LogP contribution < -0.4 is 10.4 Å². The van der Waals surface area contributed by atoms with Gasteiger partial charge in [0, 0.05) is 17.9 Å².